The van der Waals surface area contributed by atoms with E-state index < -0.39 is 6.10 Å². The van der Waals surface area contributed by atoms with Gasteiger partial charge in [-0.15, -0.1) is 11.3 Å². The molecule has 2 rings (SSSR count). The average Bonchev–Trinajstić information content (AvgIpc) is 2.82. The van der Waals surface area contributed by atoms with E-state index in [9.17, 15) is 9.90 Å². The minimum Gasteiger partial charge on any atom is -0.391 e. The number of aliphatic hydroxyl groups excluding tert-OH is 1. The number of carbonyl (C=O) groups is 1. The molecule has 2 amide bonds. The van der Waals surface area contributed by atoms with E-state index in [4.69, 9.17) is 0 Å². The van der Waals surface area contributed by atoms with Crippen molar-refractivity contribution in [2.75, 3.05) is 6.54 Å². The summed E-state index contributed by atoms with van der Waals surface area (Å²) < 4.78 is 0. The lowest BCUT2D eigenvalue weighted by molar-refractivity contribution is 0.170. The van der Waals surface area contributed by atoms with Gasteiger partial charge in [0.25, 0.3) is 0 Å². The van der Waals surface area contributed by atoms with E-state index in [0.29, 0.717) is 13.0 Å². The van der Waals surface area contributed by atoms with Crippen LogP contribution in [0.3, 0.4) is 0 Å². The lowest BCUT2D eigenvalue weighted by Crippen LogP contribution is -2.40. The van der Waals surface area contributed by atoms with Crippen molar-refractivity contribution in [2.24, 2.45) is 0 Å². The Kier molecular flexibility index (Phi) is 5.91. The van der Waals surface area contributed by atoms with Crippen molar-refractivity contribution in [1.29, 1.82) is 0 Å². The molecule has 0 radical (unpaired) electrons. The van der Waals surface area contributed by atoms with Gasteiger partial charge in [0, 0.05) is 17.8 Å². The lowest BCUT2D eigenvalue weighted by atomic mass is 10.1. The predicted octanol–water partition coefficient (Wildman–Crippen LogP) is 2.16. The number of urea groups is 1. The number of hydrogen-bond acceptors (Lipinski definition) is 4. The monoisotopic (exact) mass is 319 g/mol. The number of rotatable bonds is 6. The largest absolute Gasteiger partial charge is 0.391 e. The molecule has 118 valence electrons. The summed E-state index contributed by atoms with van der Waals surface area (Å²) in [5.41, 5.74) is 1.94. The molecule has 1 unspecified atom stereocenters. The van der Waals surface area contributed by atoms with Crippen LogP contribution in [0, 0.1) is 13.8 Å². The number of aliphatic hydroxyl groups is 1. The van der Waals surface area contributed by atoms with Gasteiger partial charge < -0.3 is 15.7 Å². The maximum Gasteiger partial charge on any atom is 0.315 e. The average molecular weight is 319 g/mol. The molecule has 0 bridgehead atoms. The van der Waals surface area contributed by atoms with Crippen molar-refractivity contribution >= 4 is 17.4 Å². The van der Waals surface area contributed by atoms with Gasteiger partial charge in [0.2, 0.25) is 0 Å². The zero-order valence-corrected chi connectivity index (χ0v) is 13.6. The molecule has 1 atom stereocenters. The minimum atomic E-state index is -0.601. The Bertz CT molecular complexity index is 613. The summed E-state index contributed by atoms with van der Waals surface area (Å²) in [6.45, 7) is 4.55. The highest BCUT2D eigenvalue weighted by molar-refractivity contribution is 7.11. The summed E-state index contributed by atoms with van der Waals surface area (Å²) in [5, 5.41) is 16.4. The number of nitrogens with one attached hydrogen (secondary N) is 2. The Hall–Kier alpha value is -1.92. The fraction of sp³-hybridized carbons (Fsp3) is 0.375. The zero-order chi connectivity index (χ0) is 15.9. The summed E-state index contributed by atoms with van der Waals surface area (Å²) >= 11 is 1.62. The van der Waals surface area contributed by atoms with Gasteiger partial charge in [-0.2, -0.15) is 0 Å². The van der Waals surface area contributed by atoms with E-state index in [1.165, 1.54) is 0 Å². The second kappa shape index (κ2) is 7.91. The molecule has 2 aromatic rings. The molecule has 6 heteroatoms. The number of aryl methyl sites for hydroxylation is 2. The molecule has 0 fully saturated rings. The maximum absolute atomic E-state index is 11.7. The van der Waals surface area contributed by atoms with Gasteiger partial charge in [-0.05, 0) is 19.4 Å². The lowest BCUT2D eigenvalue weighted by Gasteiger charge is -2.12. The van der Waals surface area contributed by atoms with Gasteiger partial charge >= 0.3 is 6.03 Å². The van der Waals surface area contributed by atoms with Crippen LogP contribution in [0.1, 0.15) is 21.1 Å². The van der Waals surface area contributed by atoms with Crippen molar-refractivity contribution < 1.29 is 9.90 Å². The third-order valence-corrected chi connectivity index (χ3v) is 4.16. The number of benzene rings is 1. The minimum absolute atomic E-state index is 0.218. The van der Waals surface area contributed by atoms with E-state index in [2.05, 4.69) is 15.6 Å². The fourth-order valence-corrected chi connectivity index (χ4v) is 2.97. The highest BCUT2D eigenvalue weighted by Gasteiger charge is 2.09. The number of amides is 2. The molecule has 0 aliphatic carbocycles. The highest BCUT2D eigenvalue weighted by atomic mass is 32.1. The molecule has 0 aliphatic heterocycles. The van der Waals surface area contributed by atoms with Crippen molar-refractivity contribution in [3.63, 3.8) is 0 Å². The smallest absolute Gasteiger partial charge is 0.315 e. The molecule has 3 N–H and O–H groups in total. The normalized spacial score (nSPS) is 12.0. The van der Waals surface area contributed by atoms with Crippen molar-refractivity contribution in [1.82, 2.24) is 15.6 Å². The highest BCUT2D eigenvalue weighted by Crippen LogP contribution is 2.15. The Balaban J connectivity index is 1.70. The van der Waals surface area contributed by atoms with Crippen LogP contribution in [-0.4, -0.2) is 28.8 Å². The quantitative estimate of drug-likeness (QED) is 0.764. The van der Waals surface area contributed by atoms with Gasteiger partial charge in [0.05, 0.1) is 23.4 Å². The van der Waals surface area contributed by atoms with Gasteiger partial charge in [0.1, 0.15) is 0 Å². The summed E-state index contributed by atoms with van der Waals surface area (Å²) in [6.07, 6.45) is -0.0812. The summed E-state index contributed by atoms with van der Waals surface area (Å²) in [7, 11) is 0. The topological polar surface area (TPSA) is 74.2 Å². The van der Waals surface area contributed by atoms with E-state index in [1.807, 2.05) is 44.2 Å². The van der Waals surface area contributed by atoms with E-state index >= 15 is 0 Å². The first-order chi connectivity index (χ1) is 10.5. The Morgan fingerprint density at radius 2 is 2.00 bits per heavy atom. The van der Waals surface area contributed by atoms with Crippen molar-refractivity contribution in [3.8, 4) is 0 Å². The molecule has 1 aromatic heterocycles. The van der Waals surface area contributed by atoms with Crippen molar-refractivity contribution in [2.45, 2.75) is 32.9 Å². The Morgan fingerprint density at radius 1 is 1.27 bits per heavy atom. The van der Waals surface area contributed by atoms with Crippen LogP contribution in [-0.2, 0) is 13.0 Å². The fourth-order valence-electron chi connectivity index (χ4n) is 2.13. The van der Waals surface area contributed by atoms with Gasteiger partial charge in [-0.25, -0.2) is 9.78 Å². The van der Waals surface area contributed by atoms with Gasteiger partial charge in [-0.1, -0.05) is 30.3 Å². The molecule has 0 aliphatic rings. The van der Waals surface area contributed by atoms with Crippen LogP contribution in [0.25, 0.3) is 0 Å². The third-order valence-electron chi connectivity index (χ3n) is 3.23. The van der Waals surface area contributed by atoms with Crippen LogP contribution < -0.4 is 10.6 Å². The number of hydrogen-bond donors (Lipinski definition) is 3. The Labute approximate surface area is 134 Å². The molecule has 5 nitrogen and oxygen atoms in total. The summed E-state index contributed by atoms with van der Waals surface area (Å²) in [6, 6.07) is 9.41. The first-order valence-corrected chi connectivity index (χ1v) is 8.03. The van der Waals surface area contributed by atoms with Crippen LogP contribution in [0.4, 0.5) is 4.79 Å². The first kappa shape index (κ1) is 16.5. The molecular weight excluding hydrogens is 298 g/mol. The number of carbonyl (C=O) groups excluding carboxylic acids is 1. The van der Waals surface area contributed by atoms with E-state index in [1.54, 1.807) is 11.3 Å². The first-order valence-electron chi connectivity index (χ1n) is 7.21. The van der Waals surface area contributed by atoms with Crippen molar-refractivity contribution in [3.05, 3.63) is 51.5 Å². The van der Waals surface area contributed by atoms with Crippen LogP contribution >= 0.6 is 11.3 Å². The molecule has 0 saturated heterocycles. The second-order valence-electron chi connectivity index (χ2n) is 5.14. The van der Waals surface area contributed by atoms with Crippen LogP contribution in [0.2, 0.25) is 0 Å². The second-order valence-corrected chi connectivity index (χ2v) is 6.55. The summed E-state index contributed by atoms with van der Waals surface area (Å²) in [4.78, 5) is 17.2. The maximum atomic E-state index is 11.7. The molecule has 0 spiro atoms. The van der Waals surface area contributed by atoms with Gasteiger partial charge in [0.15, 0.2) is 0 Å². The zero-order valence-electron chi connectivity index (χ0n) is 12.8. The molecule has 1 aromatic carbocycles. The molecule has 0 saturated carbocycles. The standard InChI is InChI=1S/C16H21N3O2S/c1-11-15(19-12(2)22-11)10-18-16(21)17-9-14(20)8-13-6-4-3-5-7-13/h3-7,14,20H,8-10H2,1-2H3,(H2,17,18,21). The molecule has 22 heavy (non-hydrogen) atoms. The van der Waals surface area contributed by atoms with Crippen LogP contribution in [0.15, 0.2) is 30.3 Å². The van der Waals surface area contributed by atoms with Gasteiger partial charge in [-0.3, -0.25) is 0 Å². The van der Waals surface area contributed by atoms with E-state index in [-0.39, 0.29) is 12.6 Å². The SMILES string of the molecule is Cc1nc(CNC(=O)NCC(O)Cc2ccccc2)c(C)s1. The number of thiazole rings is 1. The molecule has 1 heterocycles. The molecular formula is C16H21N3O2S. The predicted molar refractivity (Wildman–Crippen MR) is 88.0 cm³/mol. The van der Waals surface area contributed by atoms with E-state index in [0.717, 1.165) is 21.1 Å². The number of nitrogens with zero attached hydrogens (tertiary/aromatic N) is 1. The van der Waals surface area contributed by atoms with Crippen LogP contribution in [0.5, 0.6) is 0 Å². The Morgan fingerprint density at radius 3 is 2.64 bits per heavy atom. The third kappa shape index (κ3) is 5.13. The number of aromatic nitrogens is 1. The summed E-state index contributed by atoms with van der Waals surface area (Å²) in [5.74, 6) is 0.